The molecular formula is C6H5N5O2S2. The third-order valence-electron chi connectivity index (χ3n) is 1.76. The number of nitrogens with zero attached hydrogens (tertiary/aromatic N) is 4. The quantitative estimate of drug-likeness (QED) is 0.490. The van der Waals surface area contributed by atoms with Gasteiger partial charge in [0, 0.05) is 7.05 Å². The van der Waals surface area contributed by atoms with Crippen molar-refractivity contribution in [2.45, 2.75) is 0 Å². The normalized spacial score (nSPS) is 10.5. The maximum absolute atomic E-state index is 10.7. The van der Waals surface area contributed by atoms with Gasteiger partial charge in [-0.2, -0.15) is 10.2 Å². The van der Waals surface area contributed by atoms with E-state index in [0.717, 1.165) is 0 Å². The van der Waals surface area contributed by atoms with Gasteiger partial charge in [0.15, 0.2) is 14.7 Å². The number of aromatic amines is 1. The minimum absolute atomic E-state index is 0.0738. The van der Waals surface area contributed by atoms with Gasteiger partial charge < -0.3 is 0 Å². The summed E-state index contributed by atoms with van der Waals surface area (Å²) in [6.45, 7) is 0. The van der Waals surface area contributed by atoms with Gasteiger partial charge in [-0.15, -0.1) is 0 Å². The van der Waals surface area contributed by atoms with Gasteiger partial charge in [-0.3, -0.25) is 19.9 Å². The minimum atomic E-state index is -0.493. The van der Waals surface area contributed by atoms with Gasteiger partial charge in [0.05, 0.1) is 4.92 Å². The average Bonchev–Trinajstić information content (AvgIpc) is 2.71. The zero-order valence-corrected chi connectivity index (χ0v) is 9.13. The van der Waals surface area contributed by atoms with E-state index in [0.29, 0.717) is 14.7 Å². The van der Waals surface area contributed by atoms with Gasteiger partial charge >= 0.3 is 5.69 Å². The molecule has 9 heteroatoms. The van der Waals surface area contributed by atoms with Crippen LogP contribution in [0.1, 0.15) is 0 Å². The summed E-state index contributed by atoms with van der Waals surface area (Å²) in [6, 6.07) is 0. The van der Waals surface area contributed by atoms with Crippen molar-refractivity contribution in [3.63, 3.8) is 0 Å². The first kappa shape index (κ1) is 9.93. The number of hydrogen-bond donors (Lipinski definition) is 1. The Hall–Kier alpha value is -1.61. The summed E-state index contributed by atoms with van der Waals surface area (Å²) in [5, 5.41) is 21.4. The number of aryl methyl sites for hydroxylation is 1. The van der Waals surface area contributed by atoms with Crippen LogP contribution in [0.4, 0.5) is 5.69 Å². The summed E-state index contributed by atoms with van der Waals surface area (Å²) < 4.78 is 1.88. The number of nitrogens with one attached hydrogen (secondary N) is 1. The van der Waals surface area contributed by atoms with Crippen LogP contribution in [0.3, 0.4) is 0 Å². The highest BCUT2D eigenvalue weighted by Gasteiger charge is 2.22. The van der Waals surface area contributed by atoms with E-state index in [1.807, 2.05) is 0 Å². The second kappa shape index (κ2) is 3.51. The SMILES string of the molecule is Cn1ncc([N+](=O)[O-])c1-c1n[nH]c(=S)s1. The molecule has 78 valence electrons. The van der Waals surface area contributed by atoms with Crippen LogP contribution in [0.2, 0.25) is 0 Å². The van der Waals surface area contributed by atoms with E-state index in [9.17, 15) is 10.1 Å². The Morgan fingerprint density at radius 2 is 2.47 bits per heavy atom. The molecule has 0 fully saturated rings. The van der Waals surface area contributed by atoms with Crippen LogP contribution in [-0.2, 0) is 7.05 Å². The van der Waals surface area contributed by atoms with Crippen molar-refractivity contribution in [2.24, 2.45) is 7.05 Å². The van der Waals surface area contributed by atoms with Crippen molar-refractivity contribution in [1.29, 1.82) is 0 Å². The Labute approximate surface area is 92.5 Å². The molecule has 0 aromatic carbocycles. The van der Waals surface area contributed by atoms with Gasteiger partial charge in [0.2, 0.25) is 0 Å². The largest absolute Gasteiger partial charge is 0.317 e. The van der Waals surface area contributed by atoms with Crippen molar-refractivity contribution in [3.05, 3.63) is 20.3 Å². The maximum atomic E-state index is 10.7. The molecule has 2 rings (SSSR count). The molecule has 0 aliphatic heterocycles. The number of rotatable bonds is 2. The summed E-state index contributed by atoms with van der Waals surface area (Å²) in [5.74, 6) is 0. The predicted molar refractivity (Wildman–Crippen MR) is 56.2 cm³/mol. The smallest absolute Gasteiger partial charge is 0.259 e. The summed E-state index contributed by atoms with van der Waals surface area (Å²) in [5.41, 5.74) is 0.285. The third kappa shape index (κ3) is 1.66. The molecule has 2 aromatic rings. The van der Waals surface area contributed by atoms with Gasteiger partial charge in [0.1, 0.15) is 6.20 Å². The second-order valence-corrected chi connectivity index (χ2v) is 4.34. The fourth-order valence-electron chi connectivity index (χ4n) is 1.14. The molecule has 0 radical (unpaired) electrons. The molecule has 0 amide bonds. The lowest BCUT2D eigenvalue weighted by Crippen LogP contribution is -1.95. The second-order valence-electron chi connectivity index (χ2n) is 2.68. The zero-order chi connectivity index (χ0) is 11.0. The summed E-state index contributed by atoms with van der Waals surface area (Å²) in [6.07, 6.45) is 1.19. The molecule has 0 unspecified atom stereocenters. The van der Waals surface area contributed by atoms with Gasteiger partial charge in [-0.25, -0.2) is 0 Å². The van der Waals surface area contributed by atoms with Crippen molar-refractivity contribution in [1.82, 2.24) is 20.0 Å². The van der Waals surface area contributed by atoms with E-state index >= 15 is 0 Å². The highest BCUT2D eigenvalue weighted by molar-refractivity contribution is 7.73. The van der Waals surface area contributed by atoms with Gasteiger partial charge in [-0.1, -0.05) is 11.3 Å². The molecule has 0 spiro atoms. The Kier molecular flexibility index (Phi) is 2.32. The molecule has 2 heterocycles. The van der Waals surface area contributed by atoms with Crippen molar-refractivity contribution >= 4 is 29.2 Å². The maximum Gasteiger partial charge on any atom is 0.317 e. The molecule has 1 N–H and O–H groups in total. The van der Waals surface area contributed by atoms with E-state index in [1.54, 1.807) is 7.05 Å². The monoisotopic (exact) mass is 243 g/mol. The minimum Gasteiger partial charge on any atom is -0.259 e. The Bertz CT molecular complexity index is 568. The lowest BCUT2D eigenvalue weighted by molar-refractivity contribution is -0.384. The molecular weight excluding hydrogens is 238 g/mol. The lowest BCUT2D eigenvalue weighted by Gasteiger charge is -1.94. The number of aromatic nitrogens is 4. The van der Waals surface area contributed by atoms with Crippen LogP contribution in [0.25, 0.3) is 10.7 Å². The fourth-order valence-corrected chi connectivity index (χ4v) is 2.11. The highest BCUT2D eigenvalue weighted by Crippen LogP contribution is 2.29. The number of H-pyrrole nitrogens is 1. The fraction of sp³-hybridized carbons (Fsp3) is 0.167. The molecule has 0 aliphatic rings. The lowest BCUT2D eigenvalue weighted by atomic mass is 10.4. The van der Waals surface area contributed by atoms with E-state index in [2.05, 4.69) is 15.3 Å². The molecule has 0 atom stereocenters. The first-order valence-corrected chi connectivity index (χ1v) is 5.04. The van der Waals surface area contributed by atoms with Crippen molar-refractivity contribution in [2.75, 3.05) is 0 Å². The zero-order valence-electron chi connectivity index (χ0n) is 7.50. The van der Waals surface area contributed by atoms with Crippen molar-refractivity contribution < 1.29 is 4.92 Å². The van der Waals surface area contributed by atoms with Crippen LogP contribution in [0, 0.1) is 14.1 Å². The average molecular weight is 243 g/mol. The van der Waals surface area contributed by atoms with Crippen LogP contribution in [0.15, 0.2) is 6.20 Å². The van der Waals surface area contributed by atoms with Crippen molar-refractivity contribution in [3.8, 4) is 10.7 Å². The molecule has 0 saturated heterocycles. The van der Waals surface area contributed by atoms with E-state index in [4.69, 9.17) is 12.2 Å². The number of hydrogen-bond acceptors (Lipinski definition) is 6. The standard InChI is InChI=1S/C6H5N5O2S2/c1-10-4(3(2-7-10)11(12)13)5-8-9-6(14)15-5/h2H,1H3,(H,9,14). The highest BCUT2D eigenvalue weighted by atomic mass is 32.1. The van der Waals surface area contributed by atoms with Crippen LogP contribution in [-0.4, -0.2) is 24.9 Å². The number of nitro groups is 1. The van der Waals surface area contributed by atoms with E-state index < -0.39 is 4.92 Å². The molecule has 0 saturated carbocycles. The Morgan fingerprint density at radius 3 is 3.00 bits per heavy atom. The van der Waals surface area contributed by atoms with Crippen LogP contribution in [0.5, 0.6) is 0 Å². The summed E-state index contributed by atoms with van der Waals surface area (Å²) in [4.78, 5) is 10.2. The van der Waals surface area contributed by atoms with Gasteiger partial charge in [-0.05, 0) is 12.2 Å². The third-order valence-corrected chi connectivity index (χ3v) is 2.85. The molecule has 7 nitrogen and oxygen atoms in total. The molecule has 0 aliphatic carbocycles. The van der Waals surface area contributed by atoms with Crippen LogP contribution < -0.4 is 0 Å². The molecule has 2 aromatic heterocycles. The Balaban J connectivity index is 2.65. The first-order chi connectivity index (χ1) is 7.09. The van der Waals surface area contributed by atoms with E-state index in [-0.39, 0.29) is 5.69 Å². The Morgan fingerprint density at radius 1 is 1.73 bits per heavy atom. The van der Waals surface area contributed by atoms with Crippen LogP contribution >= 0.6 is 23.6 Å². The molecule has 15 heavy (non-hydrogen) atoms. The predicted octanol–water partition coefficient (Wildman–Crippen LogP) is 1.51. The molecule has 0 bridgehead atoms. The summed E-state index contributed by atoms with van der Waals surface area (Å²) >= 11 is 6.03. The topological polar surface area (TPSA) is 89.6 Å². The van der Waals surface area contributed by atoms with Gasteiger partial charge in [0.25, 0.3) is 0 Å². The van der Waals surface area contributed by atoms with E-state index in [1.165, 1.54) is 22.2 Å². The first-order valence-electron chi connectivity index (χ1n) is 3.82. The summed E-state index contributed by atoms with van der Waals surface area (Å²) in [7, 11) is 1.62.